The van der Waals surface area contributed by atoms with Gasteiger partial charge in [0.2, 0.25) is 0 Å². The maximum atomic E-state index is 16.0. The van der Waals surface area contributed by atoms with Gasteiger partial charge in [0.15, 0.2) is 0 Å². The third-order valence-electron chi connectivity index (χ3n) is 17.4. The average Bonchev–Trinajstić information content (AvgIpc) is 2.10. The highest BCUT2D eigenvalue weighted by Gasteiger charge is 2.41. The van der Waals surface area contributed by atoms with E-state index >= 15 is 8.78 Å². The fourth-order valence-corrected chi connectivity index (χ4v) is 13.4. The van der Waals surface area contributed by atoms with Gasteiger partial charge in [0.05, 0.1) is 17.4 Å². The summed E-state index contributed by atoms with van der Waals surface area (Å²) < 4.78 is 31.9. The predicted molar refractivity (Wildman–Crippen MR) is 347 cm³/mol. The molecule has 4 heteroatoms. The monoisotopic (exact) mass is 1080 g/mol. The van der Waals surface area contributed by atoms with Crippen LogP contribution in [0.1, 0.15) is 0 Å². The number of hydrogen-bond donors (Lipinski definition) is 0. The second-order valence-electron chi connectivity index (χ2n) is 22.3. The van der Waals surface area contributed by atoms with E-state index in [0.29, 0.717) is 5.69 Å². The topological polar surface area (TPSA) is 6.48 Å². The van der Waals surface area contributed by atoms with Crippen LogP contribution >= 0.6 is 0 Å². The lowest BCUT2D eigenvalue weighted by Gasteiger charge is -2.44. The van der Waals surface area contributed by atoms with Crippen LogP contribution in [0.2, 0.25) is 0 Å². The number of halogens is 2. The molecule has 0 aliphatic heterocycles. The maximum Gasteiger partial charge on any atom is 0.125 e. The molecule has 16 rings (SSSR count). The molecule has 4 aliphatic rings. The highest BCUT2D eigenvalue weighted by molar-refractivity contribution is 5.98. The summed E-state index contributed by atoms with van der Waals surface area (Å²) in [5.41, 5.74) is 18.5. The van der Waals surface area contributed by atoms with Crippen molar-refractivity contribution in [3.8, 4) is 44.5 Å². The van der Waals surface area contributed by atoms with Gasteiger partial charge in [-0.1, -0.05) is 212 Å². The van der Waals surface area contributed by atoms with Gasteiger partial charge in [0, 0.05) is 34.1 Å². The second-order valence-corrected chi connectivity index (χ2v) is 22.3. The number of rotatable bonds is 10. The molecule has 396 valence electrons. The van der Waals surface area contributed by atoms with E-state index in [0.717, 1.165) is 111 Å². The molecule has 4 aliphatic carbocycles. The first-order valence-electron chi connectivity index (χ1n) is 28.7. The van der Waals surface area contributed by atoms with Crippen molar-refractivity contribution in [1.82, 2.24) is 0 Å². The minimum absolute atomic E-state index is 0.168. The van der Waals surface area contributed by atoms with E-state index in [1.54, 1.807) is 18.2 Å². The van der Waals surface area contributed by atoms with Crippen LogP contribution in [0.25, 0.3) is 87.6 Å². The van der Waals surface area contributed by atoms with Crippen LogP contribution in [0.5, 0.6) is 0 Å². The molecule has 0 aromatic heterocycles. The zero-order valence-corrected chi connectivity index (χ0v) is 45.7. The Morgan fingerprint density at radius 3 is 1.36 bits per heavy atom. The van der Waals surface area contributed by atoms with Crippen molar-refractivity contribution in [2.75, 3.05) is 9.80 Å². The Morgan fingerprint density at radius 2 is 0.798 bits per heavy atom. The Kier molecular flexibility index (Phi) is 11.8. The molecule has 2 unspecified atom stereocenters. The zero-order valence-electron chi connectivity index (χ0n) is 45.7. The normalized spacial score (nSPS) is 15.9. The van der Waals surface area contributed by atoms with Gasteiger partial charge < -0.3 is 9.80 Å². The quantitative estimate of drug-likeness (QED) is 0.135. The molecule has 12 aromatic rings. The molecule has 0 amide bonds. The van der Waals surface area contributed by atoms with Crippen molar-refractivity contribution in [3.05, 3.63) is 349 Å². The molecule has 84 heavy (non-hydrogen) atoms. The van der Waals surface area contributed by atoms with Gasteiger partial charge in [-0.25, -0.2) is 8.78 Å². The van der Waals surface area contributed by atoms with Crippen molar-refractivity contribution in [3.63, 3.8) is 0 Å². The van der Waals surface area contributed by atoms with E-state index in [1.165, 1.54) is 39.3 Å². The summed E-state index contributed by atoms with van der Waals surface area (Å²) in [6, 6.07) is 87.7. The minimum Gasteiger partial charge on any atom is -0.330 e. The van der Waals surface area contributed by atoms with Crippen molar-refractivity contribution in [2.45, 2.75) is 6.04 Å². The molecule has 0 saturated carbocycles. The van der Waals surface area contributed by atoms with Gasteiger partial charge in [-0.2, -0.15) is 0 Å². The first kappa shape index (κ1) is 49.2. The van der Waals surface area contributed by atoms with E-state index in [1.807, 2.05) is 18.2 Å². The Balaban J connectivity index is 0.859. The number of nitrogens with zero attached hydrogens (tertiary/aromatic N) is 2. The molecule has 0 N–H and O–H groups in total. The van der Waals surface area contributed by atoms with Crippen molar-refractivity contribution in [2.24, 2.45) is 5.92 Å². The van der Waals surface area contributed by atoms with E-state index in [2.05, 4.69) is 265 Å². The van der Waals surface area contributed by atoms with Crippen molar-refractivity contribution in [1.29, 1.82) is 0 Å². The van der Waals surface area contributed by atoms with Crippen LogP contribution in [0, 0.1) is 17.6 Å². The van der Waals surface area contributed by atoms with Crippen LogP contribution in [-0.4, -0.2) is 6.04 Å². The van der Waals surface area contributed by atoms with E-state index in [9.17, 15) is 0 Å². The SMILES string of the molecule is Fc1cccc(N(C2=C3C=CC4=C5C(=CC=C(C=C2)C35)C(N(c2cccc(F)c2)c2ccc(-c3ccc5ccccc5c3)cc2-c2ccc3ccccc3c2)C=C4)c2ccc(-c3ccc4ccccc4c3)cc2-c2ccc3ccccc3c2)c1. The Bertz CT molecular complexity index is 4970. The summed E-state index contributed by atoms with van der Waals surface area (Å²) in [5, 5.41) is 9.33. The number of benzene rings is 12. The molecular formula is C80H52F2N2. The molecule has 2 nitrogen and oxygen atoms in total. The lowest BCUT2D eigenvalue weighted by atomic mass is 9.67. The molecule has 0 spiro atoms. The molecule has 12 aromatic carbocycles. The van der Waals surface area contributed by atoms with Crippen molar-refractivity contribution >= 4 is 65.8 Å². The third-order valence-corrected chi connectivity index (χ3v) is 17.4. The molecule has 0 radical (unpaired) electrons. The highest BCUT2D eigenvalue weighted by Crippen LogP contribution is 2.54. The number of hydrogen-bond acceptors (Lipinski definition) is 2. The van der Waals surface area contributed by atoms with E-state index in [-0.39, 0.29) is 23.6 Å². The third kappa shape index (κ3) is 8.53. The largest absolute Gasteiger partial charge is 0.330 e. The standard InChI is InChI=1S/C80H52F2N2/c81-67-19-9-21-69(49-67)83(77-41-35-63(61-27-23-51-11-1-5-15-57(51)43-61)47-73(77)65-29-25-53-13-3-7-17-59(53)45-65)75-39-33-55-32-38-72-76(40-34-56-31-37-71(75)79(55)80(56)72)84(70-22-10-20-68(82)50-70)78-42-36-64(62-28-24-52-12-2-6-16-58(52)44-62)48-74(78)66-30-26-54-14-4-8-18-60(54)46-66/h1-50,75,80H. The smallest absolute Gasteiger partial charge is 0.125 e. The predicted octanol–water partition coefficient (Wildman–Crippen LogP) is 21.3. The van der Waals surface area contributed by atoms with Crippen LogP contribution < -0.4 is 9.80 Å². The van der Waals surface area contributed by atoms with Gasteiger partial charge in [0.1, 0.15) is 11.6 Å². The summed E-state index contributed by atoms with van der Waals surface area (Å²) in [6.07, 6.45) is 18.0. The van der Waals surface area contributed by atoms with Crippen LogP contribution in [0.3, 0.4) is 0 Å². The van der Waals surface area contributed by atoms with Crippen LogP contribution in [0.4, 0.5) is 31.5 Å². The lowest BCUT2D eigenvalue weighted by molar-refractivity contribution is 0.627. The molecule has 0 fully saturated rings. The van der Waals surface area contributed by atoms with Crippen molar-refractivity contribution < 1.29 is 8.78 Å². The number of fused-ring (bicyclic) bond motifs is 4. The Hall–Kier alpha value is -10.7. The van der Waals surface area contributed by atoms with Gasteiger partial charge in [-0.3, -0.25) is 0 Å². The molecule has 2 atom stereocenters. The highest BCUT2D eigenvalue weighted by atomic mass is 19.1. The Morgan fingerprint density at radius 1 is 0.333 bits per heavy atom. The van der Waals surface area contributed by atoms with Gasteiger partial charge in [0.25, 0.3) is 0 Å². The molecule has 0 bridgehead atoms. The van der Waals surface area contributed by atoms with Crippen LogP contribution in [-0.2, 0) is 0 Å². The van der Waals surface area contributed by atoms with Gasteiger partial charge in [-0.05, 0) is 195 Å². The minimum atomic E-state index is -0.349. The maximum absolute atomic E-state index is 16.0. The first-order valence-corrected chi connectivity index (χ1v) is 28.7. The fraction of sp³-hybridized carbons (Fsp3) is 0.0250. The molecule has 0 saturated heterocycles. The number of anilines is 4. The van der Waals surface area contributed by atoms with Crippen LogP contribution in [0.15, 0.2) is 337 Å². The summed E-state index contributed by atoms with van der Waals surface area (Å²) in [6.45, 7) is 0. The summed E-state index contributed by atoms with van der Waals surface area (Å²) in [7, 11) is 0. The summed E-state index contributed by atoms with van der Waals surface area (Å²) in [4.78, 5) is 4.59. The Labute approximate surface area is 486 Å². The fourth-order valence-electron chi connectivity index (χ4n) is 13.4. The van der Waals surface area contributed by atoms with E-state index < -0.39 is 0 Å². The summed E-state index contributed by atoms with van der Waals surface area (Å²) >= 11 is 0. The van der Waals surface area contributed by atoms with Gasteiger partial charge in [-0.15, -0.1) is 0 Å². The second kappa shape index (κ2) is 20.1. The molecule has 0 heterocycles. The summed E-state index contributed by atoms with van der Waals surface area (Å²) in [5.74, 6) is -0.795. The zero-order chi connectivity index (χ0) is 55.8. The first-order chi connectivity index (χ1) is 41.4. The molecular weight excluding hydrogens is 1030 g/mol. The van der Waals surface area contributed by atoms with Gasteiger partial charge >= 0.3 is 0 Å². The number of allylic oxidation sites excluding steroid dienone is 10. The lowest BCUT2D eigenvalue weighted by Crippen LogP contribution is -2.37. The van der Waals surface area contributed by atoms with E-state index in [4.69, 9.17) is 0 Å². The average molecular weight is 1080 g/mol.